The lowest BCUT2D eigenvalue weighted by Crippen LogP contribution is -2.08. The van der Waals surface area contributed by atoms with Crippen LogP contribution in [0.25, 0.3) is 27.9 Å². The zero-order valence-corrected chi connectivity index (χ0v) is 19.4. The largest absolute Gasteiger partial charge is 0.322 e. The van der Waals surface area contributed by atoms with Crippen molar-refractivity contribution >= 4 is 29.0 Å². The number of aromatic nitrogens is 4. The quantitative estimate of drug-likeness (QED) is 0.319. The Morgan fingerprint density at radius 1 is 1.03 bits per heavy atom. The number of benzene rings is 2. The van der Waals surface area contributed by atoms with E-state index in [4.69, 9.17) is 5.10 Å². The average molecular weight is 480 g/mol. The van der Waals surface area contributed by atoms with Gasteiger partial charge in [0.2, 0.25) is 5.91 Å². The number of anilines is 1. The van der Waals surface area contributed by atoms with E-state index < -0.39 is 0 Å². The summed E-state index contributed by atoms with van der Waals surface area (Å²) in [6.07, 6.45) is 5.24. The highest BCUT2D eigenvalue weighted by Crippen LogP contribution is 2.28. The van der Waals surface area contributed by atoms with Crippen LogP contribution >= 0.6 is 11.3 Å². The summed E-state index contributed by atoms with van der Waals surface area (Å²) in [5.74, 6) is -0.260. The van der Waals surface area contributed by atoms with Gasteiger partial charge in [-0.3, -0.25) is 14.3 Å². The van der Waals surface area contributed by atoms with Gasteiger partial charge in [0.05, 0.1) is 17.1 Å². The lowest BCUT2D eigenvalue weighted by molar-refractivity contribution is -0.111. The molecule has 5 rings (SSSR count). The molecule has 2 N–H and O–H groups in total. The van der Waals surface area contributed by atoms with Gasteiger partial charge in [0.25, 0.3) is 5.56 Å². The van der Waals surface area contributed by atoms with E-state index in [-0.39, 0.29) is 11.5 Å². The summed E-state index contributed by atoms with van der Waals surface area (Å²) < 4.78 is 1.89. The molecule has 35 heavy (non-hydrogen) atoms. The Balaban J connectivity index is 1.34. The highest BCUT2D eigenvalue weighted by atomic mass is 32.1. The number of carbonyl (C=O) groups excluding carboxylic acids is 1. The van der Waals surface area contributed by atoms with Gasteiger partial charge >= 0.3 is 0 Å². The summed E-state index contributed by atoms with van der Waals surface area (Å²) in [5.41, 5.74) is 4.61. The average Bonchev–Trinajstić information content (AvgIpc) is 3.54. The second kappa shape index (κ2) is 10.1. The first-order valence-corrected chi connectivity index (χ1v) is 11.8. The van der Waals surface area contributed by atoms with Gasteiger partial charge in [-0.15, -0.1) is 11.3 Å². The molecule has 0 unspecified atom stereocenters. The van der Waals surface area contributed by atoms with Gasteiger partial charge in [-0.2, -0.15) is 10.2 Å². The van der Waals surface area contributed by atoms with Gasteiger partial charge in [-0.05, 0) is 41.3 Å². The predicted molar refractivity (Wildman–Crippen MR) is 139 cm³/mol. The van der Waals surface area contributed by atoms with Crippen LogP contribution in [0.1, 0.15) is 11.1 Å². The standard InChI is InChI=1S/C27H21N5O2S/c33-25(28-22-9-4-8-20(16-22)23-12-14-26(34)30-29-23)13-11-21-18-32(17-19-6-2-1-3-7-19)31-27(21)24-10-5-15-35-24/h1-16,18H,17H2,(H,28,33)(H,30,34)/b13-11+. The van der Waals surface area contributed by atoms with Crippen LogP contribution in [0.2, 0.25) is 0 Å². The molecule has 0 aliphatic rings. The second-order valence-corrected chi connectivity index (χ2v) is 8.75. The summed E-state index contributed by atoms with van der Waals surface area (Å²) >= 11 is 1.61. The van der Waals surface area contributed by atoms with Gasteiger partial charge in [-0.25, -0.2) is 5.10 Å². The van der Waals surface area contributed by atoms with E-state index in [1.807, 2.05) is 58.7 Å². The van der Waals surface area contributed by atoms with E-state index in [1.165, 1.54) is 12.1 Å². The number of nitrogens with zero attached hydrogens (tertiary/aromatic N) is 3. The van der Waals surface area contributed by atoms with Gasteiger partial charge in [0, 0.05) is 35.2 Å². The Bertz CT molecular complexity index is 1520. The highest BCUT2D eigenvalue weighted by Gasteiger charge is 2.11. The van der Waals surface area contributed by atoms with E-state index in [9.17, 15) is 9.59 Å². The van der Waals surface area contributed by atoms with Crippen molar-refractivity contribution in [3.8, 4) is 21.8 Å². The number of hydrogen-bond donors (Lipinski definition) is 2. The molecular formula is C27H21N5O2S. The van der Waals surface area contributed by atoms with Crippen molar-refractivity contribution in [2.75, 3.05) is 5.32 Å². The molecule has 0 fully saturated rings. The number of amides is 1. The number of rotatable bonds is 7. The Hall–Kier alpha value is -4.56. The molecule has 8 heteroatoms. The Labute approximate surface area is 205 Å². The fourth-order valence-corrected chi connectivity index (χ4v) is 4.36. The van der Waals surface area contributed by atoms with E-state index in [0.717, 1.165) is 27.3 Å². The minimum Gasteiger partial charge on any atom is -0.322 e. The van der Waals surface area contributed by atoms with Crippen molar-refractivity contribution in [2.24, 2.45) is 0 Å². The number of aromatic amines is 1. The SMILES string of the molecule is O=C(/C=C/c1cn(Cc2ccccc2)nc1-c1cccs1)Nc1cccc(-c2ccc(=O)[nH]n2)c1. The van der Waals surface area contributed by atoms with Crippen LogP contribution in [-0.2, 0) is 11.3 Å². The summed E-state index contributed by atoms with van der Waals surface area (Å²) in [4.78, 5) is 25.0. The normalized spacial score (nSPS) is 11.1. The fourth-order valence-electron chi connectivity index (χ4n) is 3.63. The summed E-state index contributed by atoms with van der Waals surface area (Å²) in [5, 5.41) is 16.1. The van der Waals surface area contributed by atoms with Crippen LogP contribution in [0, 0.1) is 0 Å². The topological polar surface area (TPSA) is 92.7 Å². The molecular weight excluding hydrogens is 458 g/mol. The summed E-state index contributed by atoms with van der Waals surface area (Å²) in [7, 11) is 0. The van der Waals surface area contributed by atoms with Gasteiger partial charge in [0.1, 0.15) is 5.69 Å². The molecule has 0 bridgehead atoms. The van der Waals surface area contributed by atoms with Crippen LogP contribution in [0.3, 0.4) is 0 Å². The van der Waals surface area contributed by atoms with Crippen molar-refractivity contribution in [2.45, 2.75) is 6.54 Å². The zero-order chi connectivity index (χ0) is 24.0. The molecule has 0 saturated carbocycles. The van der Waals surface area contributed by atoms with Gasteiger partial charge in [0.15, 0.2) is 0 Å². The third-order valence-electron chi connectivity index (χ3n) is 5.25. The predicted octanol–water partition coefficient (Wildman–Crippen LogP) is 5.06. The Kier molecular flexibility index (Phi) is 6.45. The molecule has 0 atom stereocenters. The van der Waals surface area contributed by atoms with Crippen LogP contribution in [0.4, 0.5) is 5.69 Å². The molecule has 3 aromatic heterocycles. The second-order valence-electron chi connectivity index (χ2n) is 7.80. The van der Waals surface area contributed by atoms with Crippen molar-refractivity contribution in [1.29, 1.82) is 0 Å². The van der Waals surface area contributed by atoms with E-state index in [0.29, 0.717) is 17.9 Å². The van der Waals surface area contributed by atoms with Crippen molar-refractivity contribution in [1.82, 2.24) is 20.0 Å². The first kappa shape index (κ1) is 22.2. The highest BCUT2D eigenvalue weighted by molar-refractivity contribution is 7.13. The van der Waals surface area contributed by atoms with Crippen LogP contribution in [0.5, 0.6) is 0 Å². The van der Waals surface area contributed by atoms with E-state index >= 15 is 0 Å². The molecule has 2 aromatic carbocycles. The van der Waals surface area contributed by atoms with Crippen LogP contribution in [0.15, 0.2) is 101 Å². The van der Waals surface area contributed by atoms with Crippen molar-refractivity contribution in [3.05, 3.63) is 118 Å². The number of nitrogens with one attached hydrogen (secondary N) is 2. The van der Waals surface area contributed by atoms with Gasteiger partial charge < -0.3 is 5.32 Å². The van der Waals surface area contributed by atoms with Crippen LogP contribution in [-0.4, -0.2) is 25.9 Å². The lowest BCUT2D eigenvalue weighted by Gasteiger charge is -2.05. The van der Waals surface area contributed by atoms with E-state index in [1.54, 1.807) is 35.6 Å². The Morgan fingerprint density at radius 3 is 2.69 bits per heavy atom. The maximum absolute atomic E-state index is 12.7. The minimum atomic E-state index is -0.266. The Morgan fingerprint density at radius 2 is 1.91 bits per heavy atom. The number of thiophene rings is 1. The zero-order valence-electron chi connectivity index (χ0n) is 18.6. The molecule has 0 aliphatic heterocycles. The van der Waals surface area contributed by atoms with E-state index in [2.05, 4.69) is 27.6 Å². The van der Waals surface area contributed by atoms with Crippen molar-refractivity contribution in [3.63, 3.8) is 0 Å². The molecule has 0 saturated heterocycles. The molecule has 7 nitrogen and oxygen atoms in total. The number of carbonyl (C=O) groups is 1. The number of hydrogen-bond acceptors (Lipinski definition) is 5. The lowest BCUT2D eigenvalue weighted by atomic mass is 10.1. The minimum absolute atomic E-state index is 0.260. The molecule has 3 heterocycles. The first-order chi connectivity index (χ1) is 17.1. The maximum atomic E-state index is 12.7. The van der Waals surface area contributed by atoms with Crippen molar-refractivity contribution < 1.29 is 4.79 Å². The molecule has 0 spiro atoms. The summed E-state index contributed by atoms with van der Waals surface area (Å²) in [6, 6.07) is 24.5. The molecule has 1 amide bonds. The molecule has 0 radical (unpaired) electrons. The monoisotopic (exact) mass is 479 g/mol. The smallest absolute Gasteiger partial charge is 0.264 e. The third kappa shape index (κ3) is 5.51. The molecule has 0 aliphatic carbocycles. The number of H-pyrrole nitrogens is 1. The van der Waals surface area contributed by atoms with Crippen LogP contribution < -0.4 is 10.9 Å². The first-order valence-electron chi connectivity index (χ1n) is 10.9. The van der Waals surface area contributed by atoms with Gasteiger partial charge in [-0.1, -0.05) is 48.5 Å². The maximum Gasteiger partial charge on any atom is 0.264 e. The molecule has 5 aromatic rings. The molecule has 172 valence electrons. The fraction of sp³-hybridized carbons (Fsp3) is 0.0370. The summed E-state index contributed by atoms with van der Waals surface area (Å²) in [6.45, 7) is 0.644. The third-order valence-corrected chi connectivity index (χ3v) is 6.13.